The molecule has 3 rings (SSSR count). The number of aryl methyl sites for hydroxylation is 2. The number of hydrogen-bond donors (Lipinski definition) is 0. The number of halogens is 1. The van der Waals surface area contributed by atoms with Gasteiger partial charge in [0.2, 0.25) is 0 Å². The highest BCUT2D eigenvalue weighted by Gasteiger charge is 2.20. The van der Waals surface area contributed by atoms with Crippen molar-refractivity contribution in [1.82, 2.24) is 0 Å². The van der Waals surface area contributed by atoms with E-state index in [0.29, 0.717) is 19.3 Å². The highest BCUT2D eigenvalue weighted by Crippen LogP contribution is 2.25. The maximum absolute atomic E-state index is 12.8. The van der Waals surface area contributed by atoms with E-state index in [1.54, 1.807) is 0 Å². The zero-order chi connectivity index (χ0) is 22.1. The van der Waals surface area contributed by atoms with E-state index in [2.05, 4.69) is 0 Å². The van der Waals surface area contributed by atoms with Crippen LogP contribution in [-0.2, 0) is 27.4 Å². The van der Waals surface area contributed by atoms with Crippen LogP contribution in [0.1, 0.15) is 34.3 Å². The summed E-state index contributed by atoms with van der Waals surface area (Å²) in [6.07, 6.45) is 2.61. The third-order valence-corrected chi connectivity index (χ3v) is 7.18. The first kappa shape index (κ1) is 23.0. The molecule has 0 saturated carbocycles. The molecule has 0 radical (unpaired) electrons. The van der Waals surface area contributed by atoms with E-state index in [-0.39, 0.29) is 27.8 Å². The highest BCUT2D eigenvalue weighted by atomic mass is 35.5. The minimum Gasteiger partial charge on any atom is -0.462 e. The van der Waals surface area contributed by atoms with Gasteiger partial charge in [0.15, 0.2) is 9.84 Å². The number of carbonyl (C=O) groups excluding carboxylic acids is 1. The van der Waals surface area contributed by atoms with Gasteiger partial charge in [-0.05, 0) is 55.0 Å². The normalized spacial score (nSPS) is 11.3. The Hall–Kier alpha value is -2.63. The number of esters is 1. The van der Waals surface area contributed by atoms with Gasteiger partial charge in [-0.1, -0.05) is 72.3 Å². The summed E-state index contributed by atoms with van der Waals surface area (Å²) in [5.41, 5.74) is 2.44. The largest absolute Gasteiger partial charge is 0.462 e. The van der Waals surface area contributed by atoms with E-state index in [0.717, 1.165) is 12.0 Å². The quantitative estimate of drug-likeness (QED) is 0.297. The number of benzene rings is 3. The van der Waals surface area contributed by atoms with Crippen molar-refractivity contribution in [3.8, 4) is 0 Å². The average molecular weight is 457 g/mol. The van der Waals surface area contributed by atoms with E-state index in [1.807, 2.05) is 60.7 Å². The van der Waals surface area contributed by atoms with Crippen molar-refractivity contribution in [1.29, 1.82) is 0 Å². The van der Waals surface area contributed by atoms with E-state index in [9.17, 15) is 13.2 Å². The van der Waals surface area contributed by atoms with Gasteiger partial charge in [-0.2, -0.15) is 0 Å². The summed E-state index contributed by atoms with van der Waals surface area (Å²) in [5.74, 6) is -0.595. The van der Waals surface area contributed by atoms with Gasteiger partial charge in [0.05, 0.1) is 27.8 Å². The summed E-state index contributed by atoms with van der Waals surface area (Å²) in [6, 6.07) is 23.9. The molecule has 31 heavy (non-hydrogen) atoms. The van der Waals surface area contributed by atoms with Gasteiger partial charge in [0, 0.05) is 0 Å². The minimum absolute atomic E-state index is 0.0269. The third-order valence-electron chi connectivity index (χ3n) is 4.91. The third kappa shape index (κ3) is 6.94. The predicted molar refractivity (Wildman–Crippen MR) is 123 cm³/mol. The first-order valence-electron chi connectivity index (χ1n) is 10.2. The van der Waals surface area contributed by atoms with Crippen LogP contribution in [0.3, 0.4) is 0 Å². The highest BCUT2D eigenvalue weighted by molar-refractivity contribution is 7.91. The van der Waals surface area contributed by atoms with Crippen LogP contribution in [0.15, 0.2) is 83.8 Å². The van der Waals surface area contributed by atoms with Gasteiger partial charge in [-0.25, -0.2) is 13.2 Å². The fourth-order valence-electron chi connectivity index (χ4n) is 3.26. The fraction of sp³-hybridized carbons (Fsp3) is 0.240. The van der Waals surface area contributed by atoms with Crippen molar-refractivity contribution < 1.29 is 17.9 Å². The Labute approximate surface area is 188 Å². The van der Waals surface area contributed by atoms with Crippen LogP contribution in [0.25, 0.3) is 0 Å². The van der Waals surface area contributed by atoms with Gasteiger partial charge in [0.25, 0.3) is 0 Å². The van der Waals surface area contributed by atoms with Crippen LogP contribution in [0.4, 0.5) is 0 Å². The lowest BCUT2D eigenvalue weighted by molar-refractivity contribution is 0.0500. The molecule has 0 heterocycles. The molecule has 3 aromatic rings. The molecule has 0 unspecified atom stereocenters. The molecule has 0 N–H and O–H groups in total. The summed E-state index contributed by atoms with van der Waals surface area (Å²) in [5, 5.41) is 0.111. The lowest BCUT2D eigenvalue weighted by Gasteiger charge is -2.10. The van der Waals surface area contributed by atoms with Gasteiger partial charge >= 0.3 is 5.97 Å². The molecule has 0 fully saturated rings. The molecule has 0 aliphatic rings. The molecule has 0 spiro atoms. The zero-order valence-corrected chi connectivity index (χ0v) is 18.7. The molecule has 3 aromatic carbocycles. The summed E-state index contributed by atoms with van der Waals surface area (Å²) >= 11 is 6.14. The molecule has 0 aliphatic carbocycles. The van der Waals surface area contributed by atoms with E-state index >= 15 is 0 Å². The monoisotopic (exact) mass is 456 g/mol. The maximum atomic E-state index is 12.8. The fourth-order valence-corrected chi connectivity index (χ4v) is 5.14. The molecule has 0 aromatic heterocycles. The maximum Gasteiger partial charge on any atom is 0.338 e. The second-order valence-electron chi connectivity index (χ2n) is 7.28. The smallest absolute Gasteiger partial charge is 0.338 e. The summed E-state index contributed by atoms with van der Waals surface area (Å²) < 4.78 is 30.9. The molecule has 0 bridgehead atoms. The zero-order valence-electron chi connectivity index (χ0n) is 17.2. The Kier molecular flexibility index (Phi) is 8.27. The summed E-state index contributed by atoms with van der Waals surface area (Å²) in [6.45, 7) is 0.259. The van der Waals surface area contributed by atoms with Crippen LogP contribution in [0.5, 0.6) is 0 Å². The first-order chi connectivity index (χ1) is 15.0. The minimum atomic E-state index is -3.62. The second-order valence-corrected chi connectivity index (χ2v) is 9.76. The Morgan fingerprint density at radius 1 is 0.806 bits per heavy atom. The summed E-state index contributed by atoms with van der Waals surface area (Å²) in [7, 11) is -3.62. The SMILES string of the molecule is O=C(OCCCc1ccccc1)c1ccc(Cl)c(S(=O)(=O)CCCc2ccccc2)c1. The van der Waals surface area contributed by atoms with Crippen molar-refractivity contribution in [2.45, 2.75) is 30.6 Å². The Bertz CT molecular complexity index is 1100. The Morgan fingerprint density at radius 3 is 2.00 bits per heavy atom. The van der Waals surface area contributed by atoms with Crippen LogP contribution in [-0.4, -0.2) is 26.7 Å². The molecule has 6 heteroatoms. The lowest BCUT2D eigenvalue weighted by atomic mass is 10.1. The molecule has 0 amide bonds. The molecular weight excluding hydrogens is 432 g/mol. The number of carbonyl (C=O) groups is 1. The van der Waals surface area contributed by atoms with E-state index in [1.165, 1.54) is 23.8 Å². The van der Waals surface area contributed by atoms with Crippen LogP contribution < -0.4 is 0 Å². The van der Waals surface area contributed by atoms with Crippen LogP contribution in [0.2, 0.25) is 5.02 Å². The molecule has 0 aliphatic heterocycles. The standard InChI is InChI=1S/C25H25ClO4S/c26-23-16-15-22(25(27)30-17-7-13-20-9-3-1-4-10-20)19-24(23)31(28,29)18-8-14-21-11-5-2-6-12-21/h1-6,9-12,15-16,19H,7-8,13-14,17-18H2. The van der Waals surface area contributed by atoms with Crippen molar-refractivity contribution >= 4 is 27.4 Å². The van der Waals surface area contributed by atoms with E-state index in [4.69, 9.17) is 16.3 Å². The topological polar surface area (TPSA) is 60.4 Å². The van der Waals surface area contributed by atoms with Crippen molar-refractivity contribution in [3.05, 3.63) is 101 Å². The number of hydrogen-bond acceptors (Lipinski definition) is 4. The number of ether oxygens (including phenoxy) is 1. The van der Waals surface area contributed by atoms with Crippen LogP contribution >= 0.6 is 11.6 Å². The van der Waals surface area contributed by atoms with Crippen LogP contribution in [0, 0.1) is 0 Å². The average Bonchev–Trinajstić information content (AvgIpc) is 2.78. The van der Waals surface area contributed by atoms with Crippen molar-refractivity contribution in [2.75, 3.05) is 12.4 Å². The van der Waals surface area contributed by atoms with E-state index < -0.39 is 15.8 Å². The Morgan fingerprint density at radius 2 is 1.39 bits per heavy atom. The van der Waals surface area contributed by atoms with Crippen molar-refractivity contribution in [3.63, 3.8) is 0 Å². The first-order valence-corrected chi connectivity index (χ1v) is 12.3. The molecule has 4 nitrogen and oxygen atoms in total. The summed E-state index contributed by atoms with van der Waals surface area (Å²) in [4.78, 5) is 12.4. The molecular formula is C25H25ClO4S. The predicted octanol–water partition coefficient (Wildman–Crippen LogP) is 5.54. The number of rotatable bonds is 10. The van der Waals surface area contributed by atoms with Gasteiger partial charge < -0.3 is 4.74 Å². The Balaban J connectivity index is 1.57. The molecule has 0 saturated heterocycles. The second kappa shape index (κ2) is 11.1. The molecule has 162 valence electrons. The van der Waals surface area contributed by atoms with Gasteiger partial charge in [-0.15, -0.1) is 0 Å². The lowest BCUT2D eigenvalue weighted by Crippen LogP contribution is -2.12. The molecule has 0 atom stereocenters. The van der Waals surface area contributed by atoms with Gasteiger partial charge in [0.1, 0.15) is 0 Å². The van der Waals surface area contributed by atoms with Crippen molar-refractivity contribution in [2.24, 2.45) is 0 Å². The number of sulfone groups is 1. The van der Waals surface area contributed by atoms with Gasteiger partial charge in [-0.3, -0.25) is 0 Å².